The van der Waals surface area contributed by atoms with Gasteiger partial charge in [0, 0.05) is 41.5 Å². The monoisotopic (exact) mass is 620 g/mol. The number of fused-ring (bicyclic) bond motifs is 4. The number of methoxy groups -OCH3 is 1. The van der Waals surface area contributed by atoms with E-state index in [2.05, 4.69) is 91.0 Å². The molecule has 6 heteroatoms. The largest absolute Gasteiger partial charge is 0.497 e. The molecule has 46 heavy (non-hydrogen) atoms. The number of rotatable bonds is 16. The van der Waals surface area contributed by atoms with Crippen LogP contribution in [0.15, 0.2) is 66.2 Å². The molecule has 3 aromatic carbocycles. The Morgan fingerprint density at radius 1 is 0.826 bits per heavy atom. The third-order valence-corrected chi connectivity index (χ3v) is 10.3. The van der Waals surface area contributed by atoms with Gasteiger partial charge >= 0.3 is 0 Å². The zero-order valence-electron chi connectivity index (χ0n) is 28.5. The van der Waals surface area contributed by atoms with E-state index in [1.807, 2.05) is 0 Å². The van der Waals surface area contributed by atoms with Crippen molar-refractivity contribution in [3.05, 3.63) is 82.9 Å². The Hall–Kier alpha value is -3.80. The van der Waals surface area contributed by atoms with E-state index in [1.54, 1.807) is 7.11 Å². The van der Waals surface area contributed by atoms with Crippen molar-refractivity contribution in [3.63, 3.8) is 0 Å². The molecule has 1 aromatic heterocycles. The van der Waals surface area contributed by atoms with Crippen molar-refractivity contribution in [3.8, 4) is 11.5 Å². The zero-order chi connectivity index (χ0) is 31.9. The van der Waals surface area contributed by atoms with Gasteiger partial charge in [-0.05, 0) is 75.1 Å². The Morgan fingerprint density at radius 3 is 2.30 bits per heavy atom. The van der Waals surface area contributed by atoms with Crippen LogP contribution in [0.3, 0.4) is 0 Å². The summed E-state index contributed by atoms with van der Waals surface area (Å²) in [6, 6.07) is 21.7. The third kappa shape index (κ3) is 6.15. The Bertz CT molecular complexity index is 1650. The lowest BCUT2D eigenvalue weighted by molar-refractivity contribution is 0.297. The van der Waals surface area contributed by atoms with Crippen molar-refractivity contribution in [2.75, 3.05) is 25.1 Å². The number of para-hydroxylation sites is 1. The minimum Gasteiger partial charge on any atom is -0.497 e. The Kier molecular flexibility index (Phi) is 10.3. The first-order valence-corrected chi connectivity index (χ1v) is 17.9. The highest BCUT2D eigenvalue weighted by molar-refractivity contribution is 5.80. The second kappa shape index (κ2) is 14.7. The Morgan fingerprint density at radius 2 is 1.57 bits per heavy atom. The average molecular weight is 621 g/mol. The fraction of sp³-hybridized carbons (Fsp3) is 0.500. The summed E-state index contributed by atoms with van der Waals surface area (Å²) in [6.45, 7) is 8.61. The molecule has 0 bridgehead atoms. The van der Waals surface area contributed by atoms with E-state index in [9.17, 15) is 0 Å². The molecule has 0 spiro atoms. The number of nitrogens with zero attached hydrogens (tertiary/aromatic N) is 4. The molecule has 0 radical (unpaired) electrons. The minimum atomic E-state index is -0.488. The first-order chi connectivity index (χ1) is 22.6. The molecule has 0 saturated carbocycles. The fourth-order valence-corrected chi connectivity index (χ4v) is 7.82. The summed E-state index contributed by atoms with van der Waals surface area (Å²) in [7, 11) is 1.74. The smallest absolute Gasteiger partial charge is 0.136 e. The molecule has 2 heterocycles. The van der Waals surface area contributed by atoms with Crippen molar-refractivity contribution in [1.29, 1.82) is 0 Å². The van der Waals surface area contributed by atoms with Gasteiger partial charge in [-0.25, -0.2) is 4.68 Å². The molecule has 0 saturated heterocycles. The van der Waals surface area contributed by atoms with Gasteiger partial charge in [0.15, 0.2) is 0 Å². The predicted molar refractivity (Wildman–Crippen MR) is 190 cm³/mol. The number of unbranched alkanes of at least 4 members (excludes halogenated alkanes) is 9. The van der Waals surface area contributed by atoms with Crippen LogP contribution in [0.4, 0.5) is 5.69 Å². The number of aryl methyl sites for hydroxylation is 1. The van der Waals surface area contributed by atoms with E-state index in [0.29, 0.717) is 0 Å². The highest BCUT2D eigenvalue weighted by Gasteiger charge is 2.48. The van der Waals surface area contributed by atoms with Crippen molar-refractivity contribution in [2.45, 2.75) is 110 Å². The summed E-state index contributed by atoms with van der Waals surface area (Å²) in [5.41, 5.74) is 7.66. The normalized spacial score (nSPS) is 17.0. The summed E-state index contributed by atoms with van der Waals surface area (Å²) >= 11 is 0. The number of ether oxygens (including phenoxy) is 2. The van der Waals surface area contributed by atoms with Crippen LogP contribution in [0.25, 0.3) is 16.8 Å². The van der Waals surface area contributed by atoms with E-state index < -0.39 is 5.54 Å². The van der Waals surface area contributed by atoms with E-state index in [4.69, 9.17) is 19.8 Å². The number of benzene rings is 3. The number of anilines is 1. The lowest BCUT2D eigenvalue weighted by atomic mass is 9.71. The van der Waals surface area contributed by atoms with Gasteiger partial charge in [0.2, 0.25) is 0 Å². The Labute approximate surface area is 275 Å². The maximum atomic E-state index is 7.03. The minimum absolute atomic E-state index is 0.488. The SMILES string of the molecule is CCCCCCCCCCCCC1(n2nnc3ccccc32)C2=C(Oc3cc(N(CC)CC)ccc31)c1ccc(OC)cc1CC2. The van der Waals surface area contributed by atoms with Crippen molar-refractivity contribution >= 4 is 22.5 Å². The first-order valence-electron chi connectivity index (χ1n) is 17.9. The molecule has 6 rings (SSSR count). The summed E-state index contributed by atoms with van der Waals surface area (Å²) < 4.78 is 14.9. The third-order valence-electron chi connectivity index (χ3n) is 10.3. The summed E-state index contributed by atoms with van der Waals surface area (Å²) in [4.78, 5) is 2.39. The van der Waals surface area contributed by atoms with Gasteiger partial charge < -0.3 is 14.4 Å². The molecule has 4 aromatic rings. The van der Waals surface area contributed by atoms with Crippen molar-refractivity contribution < 1.29 is 9.47 Å². The molecular formula is C40H52N4O2. The lowest BCUT2D eigenvalue weighted by Crippen LogP contribution is -2.43. The van der Waals surface area contributed by atoms with Crippen LogP contribution in [0.5, 0.6) is 11.5 Å². The van der Waals surface area contributed by atoms with E-state index in [-0.39, 0.29) is 0 Å². The molecule has 0 N–H and O–H groups in total. The van der Waals surface area contributed by atoms with Crippen LogP contribution in [0.2, 0.25) is 0 Å². The quantitative estimate of drug-likeness (QED) is 0.117. The zero-order valence-corrected chi connectivity index (χ0v) is 28.5. The fourth-order valence-electron chi connectivity index (χ4n) is 7.82. The maximum absolute atomic E-state index is 7.03. The predicted octanol–water partition coefficient (Wildman–Crippen LogP) is 10.1. The number of aromatic nitrogens is 3. The molecule has 0 fully saturated rings. The number of allylic oxidation sites excluding steroid dienone is 1. The lowest BCUT2D eigenvalue weighted by Gasteiger charge is -2.44. The van der Waals surface area contributed by atoms with Crippen LogP contribution in [-0.4, -0.2) is 35.2 Å². The van der Waals surface area contributed by atoms with Crippen LogP contribution >= 0.6 is 0 Å². The summed E-state index contributed by atoms with van der Waals surface area (Å²) in [5.74, 6) is 2.81. The molecule has 1 unspecified atom stereocenters. The van der Waals surface area contributed by atoms with E-state index in [0.717, 1.165) is 72.6 Å². The van der Waals surface area contributed by atoms with Gasteiger partial charge in [0.1, 0.15) is 28.3 Å². The number of hydrogen-bond donors (Lipinski definition) is 0. The van der Waals surface area contributed by atoms with Crippen molar-refractivity contribution in [1.82, 2.24) is 15.0 Å². The topological polar surface area (TPSA) is 52.4 Å². The van der Waals surface area contributed by atoms with Gasteiger partial charge in [-0.15, -0.1) is 5.10 Å². The highest BCUT2D eigenvalue weighted by atomic mass is 16.5. The molecule has 1 aliphatic heterocycles. The average Bonchev–Trinajstić information content (AvgIpc) is 3.53. The van der Waals surface area contributed by atoms with Crippen LogP contribution in [-0.2, 0) is 12.0 Å². The van der Waals surface area contributed by atoms with Crippen molar-refractivity contribution in [2.24, 2.45) is 0 Å². The summed E-state index contributed by atoms with van der Waals surface area (Å²) in [5, 5.41) is 9.68. The van der Waals surface area contributed by atoms with Gasteiger partial charge in [-0.2, -0.15) is 0 Å². The second-order valence-corrected chi connectivity index (χ2v) is 13.1. The van der Waals surface area contributed by atoms with E-state index >= 15 is 0 Å². The standard InChI is InChI=1S/C40H52N4O2/c1-5-8-9-10-11-12-13-14-15-18-27-40(44-37-20-17-16-19-36(37)41-42-44)34-26-22-31(43(6-2)7-3)29-38(34)46-39-33-24-23-32(45-4)28-30(33)21-25-35(39)40/h16-17,19-20,22-24,26,28-29H,5-15,18,21,25,27H2,1-4H3. The Balaban J connectivity index is 1.43. The molecule has 2 aliphatic rings. The van der Waals surface area contributed by atoms with E-state index in [1.165, 1.54) is 80.2 Å². The molecule has 6 nitrogen and oxygen atoms in total. The van der Waals surface area contributed by atoms with Crippen LogP contribution in [0, 0.1) is 0 Å². The summed E-state index contributed by atoms with van der Waals surface area (Å²) in [6.07, 6.45) is 15.9. The van der Waals surface area contributed by atoms with Gasteiger partial charge in [0.25, 0.3) is 0 Å². The first kappa shape index (κ1) is 32.2. The van der Waals surface area contributed by atoms with Gasteiger partial charge in [0.05, 0.1) is 12.6 Å². The molecule has 1 aliphatic carbocycles. The molecular weight excluding hydrogens is 568 g/mol. The van der Waals surface area contributed by atoms with Crippen LogP contribution < -0.4 is 14.4 Å². The van der Waals surface area contributed by atoms with Crippen LogP contribution in [0.1, 0.15) is 115 Å². The molecule has 1 atom stereocenters. The number of hydrogen-bond acceptors (Lipinski definition) is 5. The highest BCUT2D eigenvalue weighted by Crippen LogP contribution is 2.54. The second-order valence-electron chi connectivity index (χ2n) is 13.1. The molecule has 0 amide bonds. The van der Waals surface area contributed by atoms with Gasteiger partial charge in [-0.3, -0.25) is 0 Å². The van der Waals surface area contributed by atoms with Gasteiger partial charge in [-0.1, -0.05) is 94.5 Å². The molecule has 244 valence electrons. The maximum Gasteiger partial charge on any atom is 0.136 e.